The largest absolute Gasteiger partial charge is 0.478 e. The van der Waals surface area contributed by atoms with Gasteiger partial charge in [0.2, 0.25) is 0 Å². The smallest absolute Gasteiger partial charge is 0.335 e. The molecule has 150 valence electrons. The van der Waals surface area contributed by atoms with Crippen molar-refractivity contribution in [3.05, 3.63) is 57.3 Å². The summed E-state index contributed by atoms with van der Waals surface area (Å²) in [6, 6.07) is 10.1. The van der Waals surface area contributed by atoms with E-state index in [2.05, 4.69) is 20.9 Å². The van der Waals surface area contributed by atoms with Crippen LogP contribution in [0.25, 0.3) is 6.08 Å². The number of aromatic carboxylic acids is 1. The van der Waals surface area contributed by atoms with Gasteiger partial charge < -0.3 is 9.52 Å². The number of hydrogen-bond donors (Lipinski definition) is 1. The second-order valence-electron chi connectivity index (χ2n) is 6.97. The van der Waals surface area contributed by atoms with E-state index < -0.39 is 5.97 Å². The Labute approximate surface area is 180 Å². The molecule has 1 aromatic heterocycles. The van der Waals surface area contributed by atoms with Crippen LogP contribution in [-0.4, -0.2) is 33.1 Å². The lowest BCUT2D eigenvalue weighted by atomic mass is 9.94. The number of nitrogens with zero attached hydrogens (tertiary/aromatic N) is 2. The summed E-state index contributed by atoms with van der Waals surface area (Å²) in [5.74, 6) is -0.497. The number of carbonyl (C=O) groups is 2. The van der Waals surface area contributed by atoms with Crippen molar-refractivity contribution >= 4 is 56.5 Å². The first-order chi connectivity index (χ1) is 14.0. The van der Waals surface area contributed by atoms with Gasteiger partial charge in [-0.2, -0.15) is 0 Å². The molecule has 1 aliphatic heterocycles. The number of halogens is 1. The fraction of sp³-hybridized carbons (Fsp3) is 0.286. The molecule has 4 rings (SSSR count). The van der Waals surface area contributed by atoms with Gasteiger partial charge in [-0.3, -0.25) is 9.69 Å². The van der Waals surface area contributed by atoms with Gasteiger partial charge in [-0.25, -0.2) is 9.79 Å². The molecule has 1 N–H and O–H groups in total. The van der Waals surface area contributed by atoms with Crippen LogP contribution in [0.2, 0.25) is 0 Å². The first-order valence-corrected chi connectivity index (χ1v) is 11.0. The lowest BCUT2D eigenvalue weighted by molar-refractivity contribution is -0.124. The first-order valence-electron chi connectivity index (χ1n) is 9.42. The zero-order valence-corrected chi connectivity index (χ0v) is 17.9. The Hall–Kier alpha value is -2.32. The van der Waals surface area contributed by atoms with Crippen molar-refractivity contribution in [2.45, 2.75) is 38.1 Å². The van der Waals surface area contributed by atoms with E-state index in [-0.39, 0.29) is 17.5 Å². The molecule has 0 atom stereocenters. The summed E-state index contributed by atoms with van der Waals surface area (Å²) in [7, 11) is 0. The van der Waals surface area contributed by atoms with Crippen molar-refractivity contribution in [2.75, 3.05) is 0 Å². The molecule has 8 heteroatoms. The number of aliphatic imine (C=N–C) groups is 1. The molecular weight excluding hydrogens is 456 g/mol. The van der Waals surface area contributed by atoms with Gasteiger partial charge in [0.15, 0.2) is 9.84 Å². The quantitative estimate of drug-likeness (QED) is 0.576. The zero-order chi connectivity index (χ0) is 20.4. The van der Waals surface area contributed by atoms with Crippen LogP contribution in [0.3, 0.4) is 0 Å². The third-order valence-electron chi connectivity index (χ3n) is 4.96. The van der Waals surface area contributed by atoms with Gasteiger partial charge in [-0.15, -0.1) is 0 Å². The maximum Gasteiger partial charge on any atom is 0.335 e. The Morgan fingerprint density at radius 3 is 2.72 bits per heavy atom. The first kappa shape index (κ1) is 20.0. The fourth-order valence-electron chi connectivity index (χ4n) is 3.58. The van der Waals surface area contributed by atoms with Gasteiger partial charge in [0.05, 0.1) is 16.2 Å². The number of hydrogen-bond acceptors (Lipinski definition) is 5. The summed E-state index contributed by atoms with van der Waals surface area (Å²) >= 11 is 4.57. The van der Waals surface area contributed by atoms with Gasteiger partial charge in [0, 0.05) is 12.1 Å². The van der Waals surface area contributed by atoms with E-state index in [4.69, 9.17) is 4.42 Å². The normalized spacial score (nSPS) is 20.7. The Morgan fingerprint density at radius 2 is 2.03 bits per heavy atom. The van der Waals surface area contributed by atoms with E-state index in [0.29, 0.717) is 26.2 Å². The number of rotatable bonds is 4. The molecule has 0 radical (unpaired) electrons. The maximum atomic E-state index is 13.2. The lowest BCUT2D eigenvalue weighted by Gasteiger charge is -2.30. The van der Waals surface area contributed by atoms with E-state index >= 15 is 0 Å². The summed E-state index contributed by atoms with van der Waals surface area (Å²) in [4.78, 5) is 31.4. The molecule has 6 nitrogen and oxygen atoms in total. The molecule has 1 saturated carbocycles. The molecule has 0 spiro atoms. The van der Waals surface area contributed by atoms with Crippen molar-refractivity contribution in [3.8, 4) is 0 Å². The van der Waals surface area contributed by atoms with Gasteiger partial charge in [0.1, 0.15) is 5.76 Å². The van der Waals surface area contributed by atoms with Gasteiger partial charge in [-0.05, 0) is 70.9 Å². The lowest BCUT2D eigenvalue weighted by Crippen LogP contribution is -2.40. The average molecular weight is 475 g/mol. The molecule has 2 aliphatic rings. The number of amides is 1. The average Bonchev–Trinajstić information content (AvgIpc) is 3.26. The molecule has 0 bridgehead atoms. The molecule has 29 heavy (non-hydrogen) atoms. The number of furan rings is 1. The highest BCUT2D eigenvalue weighted by molar-refractivity contribution is 9.10. The van der Waals surface area contributed by atoms with Gasteiger partial charge >= 0.3 is 5.97 Å². The molecule has 0 unspecified atom stereocenters. The standard InChI is InChI=1S/C21H19BrN2O4S/c22-18-10-9-16(28-18)12-17-19(25)24(15-7-2-1-3-8-15)21(29-17)23-14-6-4-5-13(11-14)20(26)27/h4-6,9-12,15H,1-3,7-8H2,(H,26,27)/b17-12+,23-21?. The van der Waals surface area contributed by atoms with Crippen molar-refractivity contribution in [3.63, 3.8) is 0 Å². The van der Waals surface area contributed by atoms with Crippen LogP contribution in [0.15, 0.2) is 55.4 Å². The monoisotopic (exact) mass is 474 g/mol. The van der Waals surface area contributed by atoms with Crippen LogP contribution in [0.4, 0.5) is 5.69 Å². The number of carboxylic acid groups (broad SMARTS) is 1. The summed E-state index contributed by atoms with van der Waals surface area (Å²) in [5, 5.41) is 9.82. The molecule has 1 aromatic carbocycles. The highest BCUT2D eigenvalue weighted by Gasteiger charge is 2.38. The highest BCUT2D eigenvalue weighted by Crippen LogP contribution is 2.38. The summed E-state index contributed by atoms with van der Waals surface area (Å²) in [5.41, 5.74) is 0.685. The molecule has 2 fully saturated rings. The van der Waals surface area contributed by atoms with Gasteiger partial charge in [-0.1, -0.05) is 25.3 Å². The van der Waals surface area contributed by atoms with Crippen LogP contribution in [-0.2, 0) is 4.79 Å². The number of carbonyl (C=O) groups excluding carboxylic acids is 1. The van der Waals surface area contributed by atoms with Crippen molar-refractivity contribution in [1.82, 2.24) is 4.90 Å². The van der Waals surface area contributed by atoms with Crippen LogP contribution in [0.5, 0.6) is 0 Å². The van der Waals surface area contributed by atoms with Crippen LogP contribution in [0, 0.1) is 0 Å². The third kappa shape index (κ3) is 4.48. The Kier molecular flexibility index (Phi) is 5.91. The van der Waals surface area contributed by atoms with E-state index in [1.54, 1.807) is 35.2 Å². The second kappa shape index (κ2) is 8.59. The molecule has 1 aliphatic carbocycles. The molecule has 2 heterocycles. The molecule has 1 amide bonds. The van der Waals surface area contributed by atoms with Gasteiger partial charge in [0.25, 0.3) is 5.91 Å². The minimum absolute atomic E-state index is 0.0810. The SMILES string of the molecule is O=C(O)c1cccc(N=C2S/C(=C/c3ccc(Br)o3)C(=O)N2C2CCCCC2)c1. The van der Waals surface area contributed by atoms with Crippen LogP contribution in [0.1, 0.15) is 48.2 Å². The summed E-state index contributed by atoms with van der Waals surface area (Å²) in [6.45, 7) is 0. The summed E-state index contributed by atoms with van der Waals surface area (Å²) < 4.78 is 6.12. The second-order valence-corrected chi connectivity index (χ2v) is 8.76. The minimum Gasteiger partial charge on any atom is -0.478 e. The molecule has 2 aromatic rings. The third-order valence-corrected chi connectivity index (χ3v) is 6.37. The Balaban J connectivity index is 1.71. The Morgan fingerprint density at radius 1 is 1.24 bits per heavy atom. The Bertz CT molecular complexity index is 1010. The predicted molar refractivity (Wildman–Crippen MR) is 116 cm³/mol. The highest BCUT2D eigenvalue weighted by atomic mass is 79.9. The topological polar surface area (TPSA) is 83.1 Å². The molecular formula is C21H19BrN2O4S. The van der Waals surface area contributed by atoms with E-state index in [1.165, 1.54) is 30.3 Å². The number of carboxylic acids is 1. The number of amidine groups is 1. The number of thioether (sulfide) groups is 1. The van der Waals surface area contributed by atoms with Crippen LogP contribution < -0.4 is 0 Å². The predicted octanol–water partition coefficient (Wildman–Crippen LogP) is 5.68. The molecule has 1 saturated heterocycles. The number of benzene rings is 1. The summed E-state index contributed by atoms with van der Waals surface area (Å²) in [6.07, 6.45) is 6.97. The van der Waals surface area contributed by atoms with Crippen LogP contribution >= 0.6 is 27.7 Å². The van der Waals surface area contributed by atoms with E-state index in [0.717, 1.165) is 25.7 Å². The van der Waals surface area contributed by atoms with E-state index in [9.17, 15) is 14.7 Å². The van der Waals surface area contributed by atoms with Crippen molar-refractivity contribution in [2.24, 2.45) is 4.99 Å². The zero-order valence-electron chi connectivity index (χ0n) is 15.5. The minimum atomic E-state index is -1.00. The maximum absolute atomic E-state index is 13.2. The van der Waals surface area contributed by atoms with E-state index in [1.807, 2.05) is 0 Å². The van der Waals surface area contributed by atoms with Crippen molar-refractivity contribution in [1.29, 1.82) is 0 Å². The fourth-order valence-corrected chi connectivity index (χ4v) is 4.94. The van der Waals surface area contributed by atoms with Crippen molar-refractivity contribution < 1.29 is 19.1 Å².